The Hall–Kier alpha value is -1.10. The van der Waals surface area contributed by atoms with Gasteiger partial charge < -0.3 is 15.5 Å². The van der Waals surface area contributed by atoms with E-state index in [9.17, 15) is 9.59 Å². The summed E-state index contributed by atoms with van der Waals surface area (Å²) >= 11 is 0. The number of hydrogen-bond donors (Lipinski definition) is 3. The topological polar surface area (TPSA) is 86.6 Å². The fraction of sp³-hybridized carbons (Fsp3) is 0.778. The number of nitrogens with one attached hydrogen (secondary N) is 1. The zero-order valence-corrected chi connectivity index (χ0v) is 8.06. The van der Waals surface area contributed by atoms with Crippen LogP contribution in [-0.2, 0) is 9.59 Å². The van der Waals surface area contributed by atoms with Crippen LogP contribution in [-0.4, -0.2) is 34.7 Å². The second-order valence-electron chi connectivity index (χ2n) is 3.58. The lowest BCUT2D eigenvalue weighted by atomic mass is 10.2. The molecule has 1 fully saturated rings. The first kappa shape index (κ1) is 11.0. The van der Waals surface area contributed by atoms with Gasteiger partial charge in [0.05, 0.1) is 24.5 Å². The van der Waals surface area contributed by atoms with Gasteiger partial charge in [-0.15, -0.1) is 0 Å². The lowest BCUT2D eigenvalue weighted by Gasteiger charge is -2.13. The van der Waals surface area contributed by atoms with Crippen molar-refractivity contribution in [3.63, 3.8) is 0 Å². The summed E-state index contributed by atoms with van der Waals surface area (Å²) in [6.07, 6.45) is 1.07. The first-order valence-corrected chi connectivity index (χ1v) is 4.74. The molecular weight excluding hydrogens is 186 g/mol. The first-order chi connectivity index (χ1) is 6.60. The summed E-state index contributed by atoms with van der Waals surface area (Å²) in [5.41, 5.74) is 0. The number of hydrogen-bond acceptors (Lipinski definition) is 3. The maximum Gasteiger partial charge on any atom is 0.307 e. The molecule has 3 N–H and O–H groups in total. The Kier molecular flexibility index (Phi) is 3.46. The van der Waals surface area contributed by atoms with Crippen molar-refractivity contribution in [2.75, 3.05) is 6.61 Å². The van der Waals surface area contributed by atoms with Gasteiger partial charge in [-0.25, -0.2) is 0 Å². The van der Waals surface area contributed by atoms with Gasteiger partial charge in [-0.1, -0.05) is 6.92 Å². The van der Waals surface area contributed by atoms with E-state index in [2.05, 4.69) is 5.32 Å². The standard InChI is InChI=1S/C9H15NO4/c1-2-5(4-11)10-8(12)6-3-7(6)9(13)14/h5-7,11H,2-4H2,1H3,(H,10,12)(H,13,14). The quantitative estimate of drug-likeness (QED) is 0.564. The number of carbonyl (C=O) groups excluding carboxylic acids is 1. The maximum atomic E-state index is 11.4. The number of rotatable bonds is 5. The molecule has 1 rings (SSSR count). The van der Waals surface area contributed by atoms with Gasteiger partial charge in [0.25, 0.3) is 0 Å². The van der Waals surface area contributed by atoms with Crippen LogP contribution < -0.4 is 5.32 Å². The van der Waals surface area contributed by atoms with Crippen molar-refractivity contribution in [2.24, 2.45) is 11.8 Å². The molecular formula is C9H15NO4. The van der Waals surface area contributed by atoms with Gasteiger partial charge >= 0.3 is 5.97 Å². The Morgan fingerprint density at radius 1 is 1.50 bits per heavy atom. The molecule has 0 radical (unpaired) electrons. The van der Waals surface area contributed by atoms with E-state index in [4.69, 9.17) is 10.2 Å². The number of amides is 1. The third-order valence-electron chi connectivity index (χ3n) is 2.50. The van der Waals surface area contributed by atoms with Crippen LogP contribution in [0.1, 0.15) is 19.8 Å². The normalized spacial score (nSPS) is 26.7. The van der Waals surface area contributed by atoms with Crippen LogP contribution in [0.25, 0.3) is 0 Å². The molecule has 5 heteroatoms. The molecule has 80 valence electrons. The molecule has 5 nitrogen and oxygen atoms in total. The SMILES string of the molecule is CCC(CO)NC(=O)C1CC1C(=O)O. The molecule has 0 aliphatic heterocycles. The molecule has 0 spiro atoms. The zero-order valence-electron chi connectivity index (χ0n) is 8.06. The van der Waals surface area contributed by atoms with Crippen molar-refractivity contribution in [1.82, 2.24) is 5.32 Å². The van der Waals surface area contributed by atoms with Crippen molar-refractivity contribution >= 4 is 11.9 Å². The Morgan fingerprint density at radius 2 is 2.14 bits per heavy atom. The van der Waals surface area contributed by atoms with Crippen LogP contribution in [0.5, 0.6) is 0 Å². The van der Waals surface area contributed by atoms with Crippen LogP contribution in [0.15, 0.2) is 0 Å². The van der Waals surface area contributed by atoms with Crippen LogP contribution >= 0.6 is 0 Å². The second-order valence-corrected chi connectivity index (χ2v) is 3.58. The van der Waals surface area contributed by atoms with Crippen molar-refractivity contribution in [3.8, 4) is 0 Å². The van der Waals surface area contributed by atoms with Crippen LogP contribution in [0.4, 0.5) is 0 Å². The van der Waals surface area contributed by atoms with Crippen LogP contribution in [0.2, 0.25) is 0 Å². The highest BCUT2D eigenvalue weighted by Gasteiger charge is 2.48. The highest BCUT2D eigenvalue weighted by Crippen LogP contribution is 2.38. The molecule has 3 unspecified atom stereocenters. The second kappa shape index (κ2) is 4.41. The molecule has 0 aromatic carbocycles. The summed E-state index contributed by atoms with van der Waals surface area (Å²) < 4.78 is 0. The summed E-state index contributed by atoms with van der Waals surface area (Å²) in [6.45, 7) is 1.75. The van der Waals surface area contributed by atoms with Crippen molar-refractivity contribution in [3.05, 3.63) is 0 Å². The molecule has 14 heavy (non-hydrogen) atoms. The monoisotopic (exact) mass is 201 g/mol. The molecule has 0 bridgehead atoms. The highest BCUT2D eigenvalue weighted by molar-refractivity contribution is 5.89. The average molecular weight is 201 g/mol. The summed E-state index contributed by atoms with van der Waals surface area (Å²) in [6, 6.07) is -0.252. The van der Waals surface area contributed by atoms with Gasteiger partial charge in [0, 0.05) is 0 Å². The predicted molar refractivity (Wildman–Crippen MR) is 48.5 cm³/mol. The minimum Gasteiger partial charge on any atom is -0.481 e. The molecule has 0 aromatic rings. The van der Waals surface area contributed by atoms with Gasteiger partial charge in [-0.3, -0.25) is 9.59 Å². The van der Waals surface area contributed by atoms with Crippen molar-refractivity contribution < 1.29 is 19.8 Å². The molecule has 0 heterocycles. The average Bonchev–Trinajstić information content (AvgIpc) is 2.93. The predicted octanol–water partition coefficient (Wildman–Crippen LogP) is -0.406. The van der Waals surface area contributed by atoms with E-state index in [-0.39, 0.29) is 18.6 Å². The van der Waals surface area contributed by atoms with E-state index in [1.807, 2.05) is 6.92 Å². The number of carbonyl (C=O) groups is 2. The summed E-state index contributed by atoms with van der Waals surface area (Å²) in [4.78, 5) is 21.8. The number of aliphatic hydroxyl groups excluding tert-OH is 1. The van der Waals surface area contributed by atoms with E-state index < -0.39 is 17.8 Å². The molecule has 0 saturated heterocycles. The van der Waals surface area contributed by atoms with Crippen molar-refractivity contribution in [1.29, 1.82) is 0 Å². The summed E-state index contributed by atoms with van der Waals surface area (Å²) in [7, 11) is 0. The highest BCUT2D eigenvalue weighted by atomic mass is 16.4. The lowest BCUT2D eigenvalue weighted by molar-refractivity contribution is -0.140. The minimum atomic E-state index is -0.915. The van der Waals surface area contributed by atoms with E-state index >= 15 is 0 Å². The summed E-state index contributed by atoms with van der Waals surface area (Å²) in [5, 5.41) is 20.0. The van der Waals surface area contributed by atoms with Gasteiger partial charge in [0.1, 0.15) is 0 Å². The first-order valence-electron chi connectivity index (χ1n) is 4.74. The van der Waals surface area contributed by atoms with Crippen molar-refractivity contribution in [2.45, 2.75) is 25.8 Å². The lowest BCUT2D eigenvalue weighted by Crippen LogP contribution is -2.38. The fourth-order valence-electron chi connectivity index (χ4n) is 1.34. The van der Waals surface area contributed by atoms with E-state index in [1.54, 1.807) is 0 Å². The Labute approximate surface area is 82.1 Å². The molecule has 1 aliphatic carbocycles. The maximum absolute atomic E-state index is 11.4. The van der Waals surface area contributed by atoms with Gasteiger partial charge in [0.15, 0.2) is 0 Å². The van der Waals surface area contributed by atoms with Crippen LogP contribution in [0.3, 0.4) is 0 Å². The Bertz CT molecular complexity index is 237. The third-order valence-corrected chi connectivity index (χ3v) is 2.50. The fourth-order valence-corrected chi connectivity index (χ4v) is 1.34. The van der Waals surface area contributed by atoms with E-state index in [0.29, 0.717) is 12.8 Å². The van der Waals surface area contributed by atoms with E-state index in [1.165, 1.54) is 0 Å². The molecule has 1 saturated carbocycles. The van der Waals surface area contributed by atoms with Gasteiger partial charge in [-0.05, 0) is 12.8 Å². The zero-order chi connectivity index (χ0) is 10.7. The largest absolute Gasteiger partial charge is 0.481 e. The third kappa shape index (κ3) is 2.45. The molecule has 1 amide bonds. The molecule has 3 atom stereocenters. The Morgan fingerprint density at radius 3 is 2.50 bits per heavy atom. The number of aliphatic hydroxyl groups is 1. The van der Waals surface area contributed by atoms with Gasteiger partial charge in [-0.2, -0.15) is 0 Å². The van der Waals surface area contributed by atoms with E-state index in [0.717, 1.165) is 0 Å². The van der Waals surface area contributed by atoms with Gasteiger partial charge in [0.2, 0.25) is 5.91 Å². The molecule has 1 aliphatic rings. The number of aliphatic carboxylic acids is 1. The number of carboxylic acids is 1. The minimum absolute atomic E-state index is 0.104. The number of carboxylic acid groups (broad SMARTS) is 1. The molecule has 0 aromatic heterocycles. The summed E-state index contributed by atoms with van der Waals surface area (Å²) in [5.74, 6) is -2.08. The van der Waals surface area contributed by atoms with Crippen LogP contribution in [0, 0.1) is 11.8 Å². The Balaban J connectivity index is 2.34. The smallest absolute Gasteiger partial charge is 0.307 e.